The summed E-state index contributed by atoms with van der Waals surface area (Å²) in [5, 5.41) is 3.50. The average molecular weight is 249 g/mol. The van der Waals surface area contributed by atoms with E-state index in [1.165, 1.54) is 24.0 Å². The maximum absolute atomic E-state index is 5.84. The molecule has 0 bridgehead atoms. The fourth-order valence-electron chi connectivity index (χ4n) is 1.93. The molecule has 1 rings (SSSR count). The molecule has 0 heterocycles. The quantitative estimate of drug-likeness (QED) is 0.707. The molecule has 2 heteroatoms. The van der Waals surface area contributed by atoms with Crippen LogP contribution in [0.25, 0.3) is 0 Å². The van der Waals surface area contributed by atoms with Crippen molar-refractivity contribution in [2.75, 3.05) is 13.2 Å². The standard InChI is InChI=1S/C16H27NO/c1-5-10-17-15(4)7-6-11-18-16-12-13(2)8-9-14(16)3/h8-9,12,15,17H,5-7,10-11H2,1-4H3. The topological polar surface area (TPSA) is 21.3 Å². The summed E-state index contributed by atoms with van der Waals surface area (Å²) >= 11 is 0. The van der Waals surface area contributed by atoms with Crippen LogP contribution < -0.4 is 10.1 Å². The van der Waals surface area contributed by atoms with Gasteiger partial charge in [0, 0.05) is 6.04 Å². The van der Waals surface area contributed by atoms with E-state index in [0.717, 1.165) is 25.3 Å². The molecule has 0 aliphatic rings. The number of ether oxygens (including phenoxy) is 1. The molecule has 0 saturated heterocycles. The van der Waals surface area contributed by atoms with Gasteiger partial charge in [-0.25, -0.2) is 0 Å². The zero-order valence-electron chi connectivity index (χ0n) is 12.3. The Labute approximate surface area is 112 Å². The monoisotopic (exact) mass is 249 g/mol. The Balaban J connectivity index is 2.23. The van der Waals surface area contributed by atoms with Gasteiger partial charge >= 0.3 is 0 Å². The van der Waals surface area contributed by atoms with Crippen LogP contribution in [0.15, 0.2) is 18.2 Å². The average Bonchev–Trinajstić information content (AvgIpc) is 2.36. The van der Waals surface area contributed by atoms with Crippen molar-refractivity contribution < 1.29 is 4.74 Å². The summed E-state index contributed by atoms with van der Waals surface area (Å²) in [7, 11) is 0. The molecule has 0 amide bonds. The normalized spacial score (nSPS) is 12.4. The van der Waals surface area contributed by atoms with Crippen molar-refractivity contribution in [3.8, 4) is 5.75 Å². The van der Waals surface area contributed by atoms with Crippen molar-refractivity contribution in [2.45, 2.75) is 53.0 Å². The molecule has 0 aliphatic carbocycles. The smallest absolute Gasteiger partial charge is 0.122 e. The molecule has 18 heavy (non-hydrogen) atoms. The van der Waals surface area contributed by atoms with Crippen molar-refractivity contribution in [3.05, 3.63) is 29.3 Å². The van der Waals surface area contributed by atoms with Crippen molar-refractivity contribution >= 4 is 0 Å². The van der Waals surface area contributed by atoms with Crippen LogP contribution >= 0.6 is 0 Å². The van der Waals surface area contributed by atoms with E-state index in [-0.39, 0.29) is 0 Å². The van der Waals surface area contributed by atoms with E-state index in [9.17, 15) is 0 Å². The molecule has 102 valence electrons. The van der Waals surface area contributed by atoms with Crippen molar-refractivity contribution in [3.63, 3.8) is 0 Å². The highest BCUT2D eigenvalue weighted by atomic mass is 16.5. The summed E-state index contributed by atoms with van der Waals surface area (Å²) in [6.07, 6.45) is 3.47. The Morgan fingerprint density at radius 1 is 1.28 bits per heavy atom. The molecule has 1 aromatic rings. The third-order valence-corrected chi connectivity index (χ3v) is 3.13. The summed E-state index contributed by atoms with van der Waals surface area (Å²) in [6, 6.07) is 6.95. The van der Waals surface area contributed by atoms with Crippen LogP contribution in [0.3, 0.4) is 0 Å². The SMILES string of the molecule is CCCNC(C)CCCOc1cc(C)ccc1C. The minimum absolute atomic E-state index is 0.590. The molecular weight excluding hydrogens is 222 g/mol. The minimum atomic E-state index is 0.590. The van der Waals surface area contributed by atoms with Gasteiger partial charge in [-0.2, -0.15) is 0 Å². The van der Waals surface area contributed by atoms with Gasteiger partial charge in [0.2, 0.25) is 0 Å². The van der Waals surface area contributed by atoms with Gasteiger partial charge in [-0.15, -0.1) is 0 Å². The summed E-state index contributed by atoms with van der Waals surface area (Å²) in [4.78, 5) is 0. The number of rotatable bonds is 8. The number of hydrogen-bond acceptors (Lipinski definition) is 2. The van der Waals surface area contributed by atoms with Crippen molar-refractivity contribution in [1.82, 2.24) is 5.32 Å². The molecule has 0 saturated carbocycles. The van der Waals surface area contributed by atoms with Gasteiger partial charge in [0.25, 0.3) is 0 Å². The van der Waals surface area contributed by atoms with Crippen molar-refractivity contribution in [2.24, 2.45) is 0 Å². The van der Waals surface area contributed by atoms with Crippen LogP contribution in [-0.4, -0.2) is 19.2 Å². The van der Waals surface area contributed by atoms with Gasteiger partial charge in [0.05, 0.1) is 6.61 Å². The lowest BCUT2D eigenvalue weighted by Crippen LogP contribution is -2.26. The van der Waals surface area contributed by atoms with Crippen LogP contribution in [0.5, 0.6) is 5.75 Å². The van der Waals surface area contributed by atoms with E-state index in [4.69, 9.17) is 4.74 Å². The Hall–Kier alpha value is -1.02. The second-order valence-electron chi connectivity index (χ2n) is 5.11. The van der Waals surface area contributed by atoms with Gasteiger partial charge in [-0.3, -0.25) is 0 Å². The largest absolute Gasteiger partial charge is 0.493 e. The molecule has 0 aromatic heterocycles. The van der Waals surface area contributed by atoms with E-state index < -0.39 is 0 Å². The van der Waals surface area contributed by atoms with Crippen LogP contribution in [0, 0.1) is 13.8 Å². The predicted molar refractivity (Wildman–Crippen MR) is 78.4 cm³/mol. The highest BCUT2D eigenvalue weighted by Gasteiger charge is 2.02. The van der Waals surface area contributed by atoms with Crippen molar-refractivity contribution in [1.29, 1.82) is 0 Å². The first-order chi connectivity index (χ1) is 8.63. The van der Waals surface area contributed by atoms with Crippen LogP contribution in [0.1, 0.15) is 44.2 Å². The van der Waals surface area contributed by atoms with Gasteiger partial charge in [-0.05, 0) is 63.8 Å². The number of benzene rings is 1. The van der Waals surface area contributed by atoms with E-state index in [1.54, 1.807) is 0 Å². The van der Waals surface area contributed by atoms with Gasteiger partial charge in [0.1, 0.15) is 5.75 Å². The second kappa shape index (κ2) is 8.15. The zero-order valence-corrected chi connectivity index (χ0v) is 12.3. The number of hydrogen-bond donors (Lipinski definition) is 1. The van der Waals surface area contributed by atoms with Crippen LogP contribution in [-0.2, 0) is 0 Å². The van der Waals surface area contributed by atoms with E-state index in [0.29, 0.717) is 6.04 Å². The lowest BCUT2D eigenvalue weighted by molar-refractivity contribution is 0.296. The van der Waals surface area contributed by atoms with Gasteiger partial charge in [-0.1, -0.05) is 19.1 Å². The fourth-order valence-corrected chi connectivity index (χ4v) is 1.93. The first kappa shape index (κ1) is 15.0. The molecule has 1 atom stereocenters. The lowest BCUT2D eigenvalue weighted by Gasteiger charge is -2.14. The van der Waals surface area contributed by atoms with Crippen LogP contribution in [0.4, 0.5) is 0 Å². The molecule has 0 spiro atoms. The molecular formula is C16H27NO. The number of aryl methyl sites for hydroxylation is 2. The third kappa shape index (κ3) is 5.54. The zero-order chi connectivity index (χ0) is 13.4. The molecule has 2 nitrogen and oxygen atoms in total. The van der Waals surface area contributed by atoms with Gasteiger partial charge in [0.15, 0.2) is 0 Å². The second-order valence-corrected chi connectivity index (χ2v) is 5.11. The highest BCUT2D eigenvalue weighted by Crippen LogP contribution is 2.19. The molecule has 0 fully saturated rings. The third-order valence-electron chi connectivity index (χ3n) is 3.13. The number of nitrogens with one attached hydrogen (secondary N) is 1. The van der Waals surface area contributed by atoms with Gasteiger partial charge < -0.3 is 10.1 Å². The summed E-state index contributed by atoms with van der Waals surface area (Å²) in [6.45, 7) is 10.6. The molecule has 0 aliphatic heterocycles. The molecule has 0 radical (unpaired) electrons. The Kier molecular flexibility index (Phi) is 6.81. The fraction of sp³-hybridized carbons (Fsp3) is 0.625. The maximum Gasteiger partial charge on any atom is 0.122 e. The molecule has 1 unspecified atom stereocenters. The van der Waals surface area contributed by atoms with E-state index in [2.05, 4.69) is 51.2 Å². The first-order valence-corrected chi connectivity index (χ1v) is 7.07. The Morgan fingerprint density at radius 3 is 2.78 bits per heavy atom. The lowest BCUT2D eigenvalue weighted by atomic mass is 10.1. The highest BCUT2D eigenvalue weighted by molar-refractivity contribution is 5.35. The molecule has 1 N–H and O–H groups in total. The van der Waals surface area contributed by atoms with Crippen LogP contribution in [0.2, 0.25) is 0 Å². The Morgan fingerprint density at radius 2 is 2.06 bits per heavy atom. The molecule has 1 aromatic carbocycles. The summed E-state index contributed by atoms with van der Waals surface area (Å²) < 4.78 is 5.84. The summed E-state index contributed by atoms with van der Waals surface area (Å²) in [5.74, 6) is 1.03. The van der Waals surface area contributed by atoms with E-state index in [1.807, 2.05) is 0 Å². The first-order valence-electron chi connectivity index (χ1n) is 7.07. The Bertz CT molecular complexity index is 349. The maximum atomic E-state index is 5.84. The predicted octanol–water partition coefficient (Wildman–Crippen LogP) is 3.85. The minimum Gasteiger partial charge on any atom is -0.493 e. The summed E-state index contributed by atoms with van der Waals surface area (Å²) in [5.41, 5.74) is 2.48. The van der Waals surface area contributed by atoms with E-state index >= 15 is 0 Å².